The van der Waals surface area contributed by atoms with Crippen molar-refractivity contribution >= 4 is 44.2 Å². The van der Waals surface area contributed by atoms with Gasteiger partial charge in [0.05, 0.1) is 35.5 Å². The molecule has 2 heterocycles. The van der Waals surface area contributed by atoms with E-state index < -0.39 is 37.8 Å². The largest absolute Gasteiger partial charge is 0.480 e. The van der Waals surface area contributed by atoms with Crippen molar-refractivity contribution in [2.75, 3.05) is 23.8 Å². The Morgan fingerprint density at radius 3 is 2.64 bits per heavy atom. The molecule has 3 N–H and O–H groups in total. The van der Waals surface area contributed by atoms with Crippen molar-refractivity contribution in [3.05, 3.63) is 65.4 Å². The molecule has 4 rings (SSSR count). The summed E-state index contributed by atoms with van der Waals surface area (Å²) in [6, 6.07) is 7.26. The van der Waals surface area contributed by atoms with Gasteiger partial charge in [-0.15, -0.1) is 0 Å². The number of sulfonamides is 1. The highest BCUT2D eigenvalue weighted by Crippen LogP contribution is 2.34. The fourth-order valence-corrected chi connectivity index (χ4v) is 4.80. The van der Waals surface area contributed by atoms with Crippen LogP contribution in [0.15, 0.2) is 53.7 Å². The summed E-state index contributed by atoms with van der Waals surface area (Å²) >= 11 is 5.87. The lowest BCUT2D eigenvalue weighted by Gasteiger charge is -2.14. The Balaban J connectivity index is 1.72. The van der Waals surface area contributed by atoms with Crippen molar-refractivity contribution in [1.82, 2.24) is 15.0 Å². The van der Waals surface area contributed by atoms with E-state index in [1.165, 1.54) is 31.6 Å². The molecule has 0 spiro atoms. The van der Waals surface area contributed by atoms with Crippen LogP contribution in [0.3, 0.4) is 0 Å². The lowest BCUT2D eigenvalue weighted by molar-refractivity contribution is 0.281. The Kier molecular flexibility index (Phi) is 7.20. The van der Waals surface area contributed by atoms with Crippen LogP contribution in [0, 0.1) is 11.6 Å². The van der Waals surface area contributed by atoms with Gasteiger partial charge in [-0.1, -0.05) is 17.7 Å². The number of rotatable bonds is 8. The first kappa shape index (κ1) is 25.5. The zero-order chi connectivity index (χ0) is 26.0. The maximum atomic E-state index is 15.5. The number of aliphatic hydroxyl groups is 1. The van der Waals surface area contributed by atoms with Crippen LogP contribution in [-0.2, 0) is 10.0 Å². The van der Waals surface area contributed by atoms with Gasteiger partial charge in [-0.25, -0.2) is 32.2 Å². The molecule has 2 aromatic carbocycles. The lowest BCUT2D eigenvalue weighted by Crippen LogP contribution is -2.20. The number of hydrogen-bond donors (Lipinski definition) is 3. The van der Waals surface area contributed by atoms with Gasteiger partial charge in [0.15, 0.2) is 10.7 Å². The van der Waals surface area contributed by atoms with Gasteiger partial charge >= 0.3 is 0 Å². The summed E-state index contributed by atoms with van der Waals surface area (Å²) < 4.78 is 63.2. The first-order chi connectivity index (χ1) is 17.1. The number of hydrogen-bond acceptors (Lipinski definition) is 8. The molecule has 188 valence electrons. The smallest absolute Gasteiger partial charge is 0.267 e. The van der Waals surface area contributed by atoms with Crippen molar-refractivity contribution in [3.63, 3.8) is 0 Å². The third-order valence-electron chi connectivity index (χ3n) is 5.12. The van der Waals surface area contributed by atoms with E-state index in [-0.39, 0.29) is 35.1 Å². The van der Waals surface area contributed by atoms with Gasteiger partial charge in [0, 0.05) is 23.8 Å². The number of fused-ring (bicyclic) bond motifs is 1. The van der Waals surface area contributed by atoms with E-state index in [0.29, 0.717) is 10.9 Å². The molecule has 1 atom stereocenters. The molecule has 0 aliphatic heterocycles. The molecule has 36 heavy (non-hydrogen) atoms. The monoisotopic (exact) mass is 535 g/mol. The minimum absolute atomic E-state index is 0.0269. The summed E-state index contributed by atoms with van der Waals surface area (Å²) in [5.74, 6) is -1.97. The second-order valence-corrected chi connectivity index (χ2v) is 9.83. The Hall–Kier alpha value is -3.61. The van der Waals surface area contributed by atoms with Crippen LogP contribution in [0.4, 0.5) is 20.4 Å². The second-order valence-electron chi connectivity index (χ2n) is 7.75. The van der Waals surface area contributed by atoms with Gasteiger partial charge in [-0.3, -0.25) is 4.72 Å². The molecule has 0 aliphatic carbocycles. The third-order valence-corrected chi connectivity index (χ3v) is 6.69. The Labute approximate surface area is 210 Å². The van der Waals surface area contributed by atoms with Gasteiger partial charge in [-0.05, 0) is 42.8 Å². The summed E-state index contributed by atoms with van der Waals surface area (Å²) in [5, 5.41) is 12.6. The van der Waals surface area contributed by atoms with Gasteiger partial charge in [0.25, 0.3) is 10.0 Å². The molecule has 0 bridgehead atoms. The Morgan fingerprint density at radius 1 is 1.14 bits per heavy atom. The van der Waals surface area contributed by atoms with Crippen molar-refractivity contribution in [1.29, 1.82) is 0 Å². The van der Waals surface area contributed by atoms with Crippen LogP contribution in [0.25, 0.3) is 22.0 Å². The quantitative estimate of drug-likeness (QED) is 0.306. The number of aromatic nitrogens is 3. The number of ether oxygens (including phenoxy) is 1. The minimum Gasteiger partial charge on any atom is -0.480 e. The average Bonchev–Trinajstić information content (AvgIpc) is 2.85. The molecule has 0 aliphatic rings. The molecule has 2 aromatic heterocycles. The van der Waals surface area contributed by atoms with E-state index in [4.69, 9.17) is 16.3 Å². The second kappa shape index (κ2) is 10.2. The molecule has 0 fully saturated rings. The average molecular weight is 536 g/mol. The van der Waals surface area contributed by atoms with Crippen molar-refractivity contribution < 1.29 is 27.0 Å². The molecule has 13 heteroatoms. The van der Waals surface area contributed by atoms with Crippen molar-refractivity contribution in [3.8, 4) is 17.0 Å². The van der Waals surface area contributed by atoms with Crippen molar-refractivity contribution in [2.45, 2.75) is 17.9 Å². The van der Waals surface area contributed by atoms with Gasteiger partial charge in [0.2, 0.25) is 11.8 Å². The SMILES string of the molecule is COc1ncc(Cl)cc1S(=O)(=O)Nc1ccc(F)c(-c2ccc3nc(N[C@H](C)CO)ncc3c2)c1F. The topological polar surface area (TPSA) is 126 Å². The first-order valence-corrected chi connectivity index (χ1v) is 12.3. The number of benzene rings is 2. The summed E-state index contributed by atoms with van der Waals surface area (Å²) in [6.45, 7) is 1.64. The Morgan fingerprint density at radius 2 is 1.92 bits per heavy atom. The number of anilines is 2. The van der Waals surface area contributed by atoms with E-state index in [1.54, 1.807) is 13.0 Å². The number of aliphatic hydroxyl groups excluding tert-OH is 1. The molecule has 0 saturated carbocycles. The number of nitrogens with one attached hydrogen (secondary N) is 2. The zero-order valence-corrected chi connectivity index (χ0v) is 20.5. The normalized spacial score (nSPS) is 12.4. The fourth-order valence-electron chi connectivity index (χ4n) is 3.37. The predicted molar refractivity (Wildman–Crippen MR) is 132 cm³/mol. The highest BCUT2D eigenvalue weighted by atomic mass is 35.5. The number of nitrogens with zero attached hydrogens (tertiary/aromatic N) is 3. The minimum atomic E-state index is -4.39. The third kappa shape index (κ3) is 5.15. The maximum absolute atomic E-state index is 15.5. The summed E-state index contributed by atoms with van der Waals surface area (Å²) in [4.78, 5) is 11.9. The summed E-state index contributed by atoms with van der Waals surface area (Å²) in [6.07, 6.45) is 2.67. The molecule has 4 aromatic rings. The lowest BCUT2D eigenvalue weighted by atomic mass is 10.0. The van der Waals surface area contributed by atoms with E-state index in [2.05, 4.69) is 25.0 Å². The molecule has 0 radical (unpaired) electrons. The van der Waals surface area contributed by atoms with Gasteiger partial charge in [-0.2, -0.15) is 0 Å². The van der Waals surface area contributed by atoms with Crippen LogP contribution >= 0.6 is 11.6 Å². The van der Waals surface area contributed by atoms with E-state index in [0.717, 1.165) is 18.2 Å². The predicted octanol–water partition coefficient (Wildman–Crippen LogP) is 4.23. The first-order valence-electron chi connectivity index (χ1n) is 10.5. The molecule has 0 saturated heterocycles. The number of pyridine rings is 1. The summed E-state index contributed by atoms with van der Waals surface area (Å²) in [7, 11) is -3.17. The van der Waals surface area contributed by atoms with Gasteiger partial charge < -0.3 is 15.2 Å². The highest BCUT2D eigenvalue weighted by Gasteiger charge is 2.25. The van der Waals surface area contributed by atoms with E-state index in [1.807, 2.05) is 0 Å². The van der Waals surface area contributed by atoms with Crippen LogP contribution < -0.4 is 14.8 Å². The van der Waals surface area contributed by atoms with Crippen LogP contribution in [-0.4, -0.2) is 48.2 Å². The molecule has 0 amide bonds. The summed E-state index contributed by atoms with van der Waals surface area (Å²) in [5.41, 5.74) is -0.278. The number of halogens is 3. The molecular formula is C23H20ClF2N5O4S. The number of methoxy groups -OCH3 is 1. The highest BCUT2D eigenvalue weighted by molar-refractivity contribution is 7.92. The van der Waals surface area contributed by atoms with Crippen LogP contribution in [0.5, 0.6) is 5.88 Å². The fraction of sp³-hybridized carbons (Fsp3) is 0.174. The molecular weight excluding hydrogens is 516 g/mol. The van der Waals surface area contributed by atoms with E-state index >= 15 is 4.39 Å². The van der Waals surface area contributed by atoms with Crippen molar-refractivity contribution in [2.24, 2.45) is 0 Å². The van der Waals surface area contributed by atoms with Gasteiger partial charge in [0.1, 0.15) is 5.82 Å². The molecule has 0 unspecified atom stereocenters. The van der Waals surface area contributed by atoms with Crippen LogP contribution in [0.1, 0.15) is 6.92 Å². The Bertz CT molecular complexity index is 1560. The standard InChI is InChI=1S/C23H20ClF2N5O4S/c1-12(11-32)29-23-28-9-14-7-13(3-5-17(14)30-23)20-16(25)4-6-18(21(20)26)31-36(33,34)19-8-15(24)10-27-22(19)35-2/h3-10,12,31-32H,11H2,1-2H3,(H,28,29,30)/t12-/m1/s1. The van der Waals surface area contributed by atoms with E-state index in [9.17, 15) is 17.9 Å². The van der Waals surface area contributed by atoms with Crippen LogP contribution in [0.2, 0.25) is 5.02 Å². The maximum Gasteiger partial charge on any atom is 0.267 e. The zero-order valence-electron chi connectivity index (χ0n) is 19.0. The molecule has 9 nitrogen and oxygen atoms in total.